The third-order valence-corrected chi connectivity index (χ3v) is 7.49. The highest BCUT2D eigenvalue weighted by atomic mass is 32.1. The lowest BCUT2D eigenvalue weighted by atomic mass is 9.90. The standard InChI is InChI=1S/C25H22F2N10OS/c1-14(9-28)33-19-8-20(21-3-2-17-6-15(10-29)11-32-37(17)21)31-12-18(19)23-34-35-24(39-23)36-5-4-16(7-22(30)38)25(26,27)13-36/h2-3,6,8,11-12,14,16H,4-5,7,13H2,1H3,(H2,30,38)(H,31,33)/t14-,16-/m1/s1. The number of nitrogens with zero attached hydrogens (tertiary/aromatic N) is 8. The van der Waals surface area contributed by atoms with Gasteiger partial charge in [-0.1, -0.05) is 11.3 Å². The highest BCUT2D eigenvalue weighted by molar-refractivity contribution is 7.18. The topological polar surface area (TPSA) is 162 Å². The number of nitrogens with one attached hydrogen (secondary N) is 1. The van der Waals surface area contributed by atoms with Gasteiger partial charge in [0.2, 0.25) is 11.0 Å². The summed E-state index contributed by atoms with van der Waals surface area (Å²) < 4.78 is 31.1. The molecule has 4 aromatic heterocycles. The van der Waals surface area contributed by atoms with Crippen molar-refractivity contribution in [3.8, 4) is 34.1 Å². The number of carbonyl (C=O) groups excluding carboxylic acids is 1. The van der Waals surface area contributed by atoms with E-state index >= 15 is 0 Å². The Balaban J connectivity index is 1.46. The Morgan fingerprint density at radius 2 is 2.13 bits per heavy atom. The number of piperidine rings is 1. The van der Waals surface area contributed by atoms with E-state index in [1.807, 2.05) is 12.1 Å². The van der Waals surface area contributed by atoms with E-state index in [0.717, 1.165) is 16.9 Å². The fourth-order valence-electron chi connectivity index (χ4n) is 4.50. The van der Waals surface area contributed by atoms with Gasteiger partial charge in [0, 0.05) is 30.8 Å². The van der Waals surface area contributed by atoms with E-state index in [1.54, 1.807) is 29.8 Å². The summed E-state index contributed by atoms with van der Waals surface area (Å²) in [7, 11) is 0. The second-order valence-electron chi connectivity index (χ2n) is 9.25. The maximum absolute atomic E-state index is 14.7. The molecule has 1 aliphatic rings. The Labute approximate surface area is 225 Å². The largest absolute Gasteiger partial charge is 0.370 e. The quantitative estimate of drug-likeness (QED) is 0.352. The van der Waals surface area contributed by atoms with Crippen LogP contribution in [0.3, 0.4) is 0 Å². The molecule has 198 valence electrons. The number of anilines is 2. The van der Waals surface area contributed by atoms with Gasteiger partial charge in [-0.15, -0.1) is 10.2 Å². The lowest BCUT2D eigenvalue weighted by molar-refractivity contribution is -0.125. The molecule has 0 spiro atoms. The molecule has 1 amide bonds. The minimum Gasteiger partial charge on any atom is -0.370 e. The van der Waals surface area contributed by atoms with E-state index in [-0.39, 0.29) is 19.4 Å². The number of carbonyl (C=O) groups is 1. The monoisotopic (exact) mass is 548 g/mol. The van der Waals surface area contributed by atoms with E-state index in [0.29, 0.717) is 38.3 Å². The zero-order chi connectivity index (χ0) is 27.7. The second kappa shape index (κ2) is 10.2. The molecule has 0 saturated carbocycles. The van der Waals surface area contributed by atoms with E-state index < -0.39 is 30.3 Å². The van der Waals surface area contributed by atoms with Gasteiger partial charge in [-0.25, -0.2) is 13.3 Å². The average Bonchev–Trinajstić information content (AvgIpc) is 3.56. The number of halogens is 2. The van der Waals surface area contributed by atoms with Crippen molar-refractivity contribution in [1.82, 2.24) is 24.8 Å². The summed E-state index contributed by atoms with van der Waals surface area (Å²) in [5.74, 6) is -4.95. The number of pyridine rings is 1. The lowest BCUT2D eigenvalue weighted by Gasteiger charge is -2.37. The molecule has 5 rings (SSSR count). The first-order chi connectivity index (χ1) is 18.7. The van der Waals surface area contributed by atoms with Crippen molar-refractivity contribution in [3.05, 3.63) is 42.2 Å². The summed E-state index contributed by atoms with van der Waals surface area (Å²) in [5.41, 5.74) is 8.65. The van der Waals surface area contributed by atoms with Crippen molar-refractivity contribution in [3.63, 3.8) is 0 Å². The minimum atomic E-state index is -3.10. The highest BCUT2D eigenvalue weighted by Crippen LogP contribution is 2.40. The molecule has 0 radical (unpaired) electrons. The van der Waals surface area contributed by atoms with E-state index in [4.69, 9.17) is 11.0 Å². The number of fused-ring (bicyclic) bond motifs is 1. The fraction of sp³-hybridized carbons (Fsp3) is 0.320. The summed E-state index contributed by atoms with van der Waals surface area (Å²) in [4.78, 5) is 17.2. The van der Waals surface area contributed by atoms with Crippen LogP contribution in [-0.4, -0.2) is 55.8 Å². The molecular formula is C25H22F2N10OS. The lowest BCUT2D eigenvalue weighted by Crippen LogP contribution is -2.49. The summed E-state index contributed by atoms with van der Waals surface area (Å²) in [6.07, 6.45) is 2.79. The smallest absolute Gasteiger partial charge is 0.268 e. The van der Waals surface area contributed by atoms with Gasteiger partial charge >= 0.3 is 0 Å². The number of hydrogen-bond acceptors (Lipinski definition) is 10. The first-order valence-electron chi connectivity index (χ1n) is 12.0. The number of nitriles is 2. The molecule has 3 N–H and O–H groups in total. The molecule has 11 nitrogen and oxygen atoms in total. The van der Waals surface area contributed by atoms with Crippen LogP contribution in [0.4, 0.5) is 19.6 Å². The minimum absolute atomic E-state index is 0.1000. The van der Waals surface area contributed by atoms with Gasteiger partial charge in [0.15, 0.2) is 5.01 Å². The van der Waals surface area contributed by atoms with Gasteiger partial charge in [-0.3, -0.25) is 9.78 Å². The molecule has 2 atom stereocenters. The Hall–Kier alpha value is -4.69. The van der Waals surface area contributed by atoms with Crippen molar-refractivity contribution in [2.75, 3.05) is 23.3 Å². The van der Waals surface area contributed by atoms with Crippen molar-refractivity contribution in [2.45, 2.75) is 31.7 Å². The van der Waals surface area contributed by atoms with E-state index in [1.165, 1.54) is 11.1 Å². The summed E-state index contributed by atoms with van der Waals surface area (Å²) in [6, 6.07) is 10.8. The molecule has 0 unspecified atom stereocenters. The predicted molar refractivity (Wildman–Crippen MR) is 140 cm³/mol. The molecule has 0 aromatic carbocycles. The van der Waals surface area contributed by atoms with Crippen LogP contribution in [0.2, 0.25) is 0 Å². The first kappa shape index (κ1) is 25.9. The van der Waals surface area contributed by atoms with Gasteiger partial charge in [0.1, 0.15) is 12.1 Å². The molecule has 0 aliphatic carbocycles. The summed E-state index contributed by atoms with van der Waals surface area (Å²) >= 11 is 1.13. The summed E-state index contributed by atoms with van der Waals surface area (Å²) in [6.45, 7) is 1.40. The van der Waals surface area contributed by atoms with Crippen molar-refractivity contribution in [1.29, 1.82) is 10.5 Å². The van der Waals surface area contributed by atoms with Crippen LogP contribution in [0.15, 0.2) is 36.7 Å². The molecular weight excluding hydrogens is 526 g/mol. The predicted octanol–water partition coefficient (Wildman–Crippen LogP) is 3.45. The number of primary amides is 1. The Morgan fingerprint density at radius 3 is 2.85 bits per heavy atom. The molecule has 1 fully saturated rings. The van der Waals surface area contributed by atoms with Crippen LogP contribution < -0.4 is 16.0 Å². The molecule has 1 saturated heterocycles. The first-order valence-corrected chi connectivity index (χ1v) is 12.8. The molecule has 4 aromatic rings. The van der Waals surface area contributed by atoms with Gasteiger partial charge in [0.25, 0.3) is 5.92 Å². The van der Waals surface area contributed by atoms with Gasteiger partial charge in [-0.05, 0) is 37.6 Å². The Morgan fingerprint density at radius 1 is 1.31 bits per heavy atom. The zero-order valence-electron chi connectivity index (χ0n) is 20.7. The number of amides is 1. The molecule has 14 heteroatoms. The zero-order valence-corrected chi connectivity index (χ0v) is 21.5. The second-order valence-corrected chi connectivity index (χ2v) is 10.2. The van der Waals surface area contributed by atoms with Crippen LogP contribution in [0.25, 0.3) is 27.5 Å². The van der Waals surface area contributed by atoms with Gasteiger partial charge in [0.05, 0.1) is 46.8 Å². The van der Waals surface area contributed by atoms with Crippen molar-refractivity contribution >= 4 is 33.6 Å². The van der Waals surface area contributed by atoms with Crippen LogP contribution in [-0.2, 0) is 4.79 Å². The van der Waals surface area contributed by atoms with Crippen LogP contribution >= 0.6 is 11.3 Å². The molecule has 5 heterocycles. The maximum atomic E-state index is 14.7. The summed E-state index contributed by atoms with van der Waals surface area (Å²) in [5, 5.41) is 35.2. The van der Waals surface area contributed by atoms with Gasteiger partial charge < -0.3 is 16.0 Å². The maximum Gasteiger partial charge on any atom is 0.268 e. The highest BCUT2D eigenvalue weighted by Gasteiger charge is 2.45. The third kappa shape index (κ3) is 5.19. The fourth-order valence-corrected chi connectivity index (χ4v) is 5.39. The molecule has 0 bridgehead atoms. The molecule has 39 heavy (non-hydrogen) atoms. The normalized spacial score (nSPS) is 17.4. The average molecular weight is 549 g/mol. The van der Waals surface area contributed by atoms with Gasteiger partial charge in [-0.2, -0.15) is 15.6 Å². The van der Waals surface area contributed by atoms with Crippen molar-refractivity contribution < 1.29 is 13.6 Å². The Kier molecular flexibility index (Phi) is 6.80. The number of alkyl halides is 2. The number of aromatic nitrogens is 5. The number of rotatable bonds is 7. The number of nitrogens with two attached hydrogens (primary N) is 1. The molecule has 1 aliphatic heterocycles. The SMILES string of the molecule is C[C@H](C#N)Nc1cc(-c2ccc3cc(C#N)cnn23)ncc1-c1nnc(N2CC[C@H](CC(N)=O)C(F)(F)C2)s1. The van der Waals surface area contributed by atoms with E-state index in [2.05, 4.69) is 37.7 Å². The Bertz CT molecular complexity index is 1640. The van der Waals surface area contributed by atoms with E-state index in [9.17, 15) is 18.8 Å². The van der Waals surface area contributed by atoms with Crippen LogP contribution in [0.5, 0.6) is 0 Å². The number of hydrogen-bond donors (Lipinski definition) is 2. The van der Waals surface area contributed by atoms with Crippen LogP contribution in [0, 0.1) is 28.6 Å². The third-order valence-electron chi connectivity index (χ3n) is 6.47. The van der Waals surface area contributed by atoms with Crippen molar-refractivity contribution in [2.24, 2.45) is 11.7 Å². The van der Waals surface area contributed by atoms with Crippen LogP contribution in [0.1, 0.15) is 25.3 Å².